The highest BCUT2D eigenvalue weighted by molar-refractivity contribution is 5.90. The molecular formula is C19H21N5O. The summed E-state index contributed by atoms with van der Waals surface area (Å²) in [7, 11) is 0. The van der Waals surface area contributed by atoms with Gasteiger partial charge in [-0.15, -0.1) is 0 Å². The molecule has 1 aliphatic heterocycles. The molecule has 0 spiro atoms. The fourth-order valence-electron chi connectivity index (χ4n) is 3.26. The topological polar surface area (TPSA) is 71.8 Å². The Labute approximate surface area is 146 Å². The summed E-state index contributed by atoms with van der Waals surface area (Å²) < 4.78 is 1.94. The average molecular weight is 335 g/mol. The molecule has 1 aromatic carbocycles. The molecule has 25 heavy (non-hydrogen) atoms. The van der Waals surface area contributed by atoms with Crippen molar-refractivity contribution in [3.8, 4) is 5.82 Å². The Bertz CT molecular complexity index is 865. The summed E-state index contributed by atoms with van der Waals surface area (Å²) in [4.78, 5) is 20.9. The van der Waals surface area contributed by atoms with Gasteiger partial charge >= 0.3 is 0 Å². The van der Waals surface area contributed by atoms with Crippen LogP contribution in [0.25, 0.3) is 16.9 Å². The molecule has 1 atom stereocenters. The normalized spacial score (nSPS) is 17.0. The summed E-state index contributed by atoms with van der Waals surface area (Å²) >= 11 is 0. The molecule has 4 rings (SSSR count). The first-order chi connectivity index (χ1) is 12.3. The Morgan fingerprint density at radius 2 is 2.16 bits per heavy atom. The fourth-order valence-corrected chi connectivity index (χ4v) is 3.26. The predicted octanol–water partition coefficient (Wildman–Crippen LogP) is 2.75. The standard InChI is InChI=1S/C19H21N5O/c25-19(8-5-14-9-10-20-11-14)23-15-6-7-18(21-12-15)24-13-22-16-3-1-2-4-17(16)24/h1-4,6-7,12-14,20H,5,8-11H2,(H,23,25). The molecule has 1 aliphatic rings. The van der Waals surface area contributed by atoms with E-state index < -0.39 is 0 Å². The SMILES string of the molecule is O=C(CCC1CCNC1)Nc1ccc(-n2cnc3ccccc32)nc1. The van der Waals surface area contributed by atoms with Gasteiger partial charge in [-0.1, -0.05) is 12.1 Å². The van der Waals surface area contributed by atoms with Crippen molar-refractivity contribution in [2.45, 2.75) is 19.3 Å². The summed E-state index contributed by atoms with van der Waals surface area (Å²) in [6.45, 7) is 2.10. The maximum absolute atomic E-state index is 12.1. The zero-order valence-corrected chi connectivity index (χ0v) is 14.0. The van der Waals surface area contributed by atoms with Crippen LogP contribution >= 0.6 is 0 Å². The van der Waals surface area contributed by atoms with Crippen LogP contribution in [0, 0.1) is 5.92 Å². The molecule has 1 saturated heterocycles. The van der Waals surface area contributed by atoms with Crippen molar-refractivity contribution in [3.63, 3.8) is 0 Å². The van der Waals surface area contributed by atoms with Crippen LogP contribution in [0.15, 0.2) is 48.9 Å². The molecule has 1 amide bonds. The lowest BCUT2D eigenvalue weighted by Crippen LogP contribution is -2.15. The van der Waals surface area contributed by atoms with Crippen molar-refractivity contribution >= 4 is 22.6 Å². The second kappa shape index (κ2) is 7.03. The van der Waals surface area contributed by atoms with Crippen molar-refractivity contribution in [2.24, 2.45) is 5.92 Å². The number of carbonyl (C=O) groups excluding carboxylic acids is 1. The van der Waals surface area contributed by atoms with E-state index >= 15 is 0 Å². The van der Waals surface area contributed by atoms with Crippen molar-refractivity contribution in [3.05, 3.63) is 48.9 Å². The van der Waals surface area contributed by atoms with Gasteiger partial charge in [-0.2, -0.15) is 0 Å². The molecule has 6 nitrogen and oxygen atoms in total. The van der Waals surface area contributed by atoms with E-state index in [9.17, 15) is 4.79 Å². The number of imidazole rings is 1. The second-order valence-electron chi connectivity index (χ2n) is 6.45. The number of amides is 1. The fraction of sp³-hybridized carbons (Fsp3) is 0.316. The predicted molar refractivity (Wildman–Crippen MR) is 97.7 cm³/mol. The maximum atomic E-state index is 12.1. The first kappa shape index (κ1) is 15.8. The molecule has 3 aromatic rings. The van der Waals surface area contributed by atoms with Gasteiger partial charge in [-0.05, 0) is 56.1 Å². The summed E-state index contributed by atoms with van der Waals surface area (Å²) in [6, 6.07) is 11.7. The molecule has 2 N–H and O–H groups in total. The van der Waals surface area contributed by atoms with Crippen LogP contribution in [-0.4, -0.2) is 33.5 Å². The van der Waals surface area contributed by atoms with Gasteiger partial charge in [0.1, 0.15) is 12.1 Å². The molecule has 3 heterocycles. The lowest BCUT2D eigenvalue weighted by Gasteiger charge is -2.09. The number of fused-ring (bicyclic) bond motifs is 1. The number of nitrogens with zero attached hydrogens (tertiary/aromatic N) is 3. The van der Waals surface area contributed by atoms with Crippen molar-refractivity contribution < 1.29 is 4.79 Å². The summed E-state index contributed by atoms with van der Waals surface area (Å²) in [6.07, 6.45) is 6.12. The number of aromatic nitrogens is 3. The Hall–Kier alpha value is -2.73. The highest BCUT2D eigenvalue weighted by atomic mass is 16.1. The summed E-state index contributed by atoms with van der Waals surface area (Å²) in [5.41, 5.74) is 2.67. The Balaban J connectivity index is 1.40. The van der Waals surface area contributed by atoms with Crippen LogP contribution in [0.1, 0.15) is 19.3 Å². The number of benzene rings is 1. The van der Waals surface area contributed by atoms with Crippen molar-refractivity contribution in [2.75, 3.05) is 18.4 Å². The Morgan fingerprint density at radius 3 is 2.96 bits per heavy atom. The minimum atomic E-state index is 0.0505. The van der Waals surface area contributed by atoms with E-state index in [4.69, 9.17) is 0 Å². The molecule has 0 radical (unpaired) electrons. The van der Waals surface area contributed by atoms with E-state index in [1.807, 2.05) is 41.0 Å². The zero-order valence-electron chi connectivity index (χ0n) is 14.0. The van der Waals surface area contributed by atoms with Crippen LogP contribution in [-0.2, 0) is 4.79 Å². The van der Waals surface area contributed by atoms with E-state index in [2.05, 4.69) is 20.6 Å². The second-order valence-corrected chi connectivity index (χ2v) is 6.45. The van der Waals surface area contributed by atoms with E-state index in [0.29, 0.717) is 12.3 Å². The zero-order chi connectivity index (χ0) is 17.1. The van der Waals surface area contributed by atoms with E-state index in [1.54, 1.807) is 12.5 Å². The van der Waals surface area contributed by atoms with E-state index in [1.165, 1.54) is 6.42 Å². The number of para-hydroxylation sites is 2. The first-order valence-electron chi connectivity index (χ1n) is 8.69. The number of rotatable bonds is 5. The minimum Gasteiger partial charge on any atom is -0.325 e. The van der Waals surface area contributed by atoms with Crippen LogP contribution in [0.2, 0.25) is 0 Å². The highest BCUT2D eigenvalue weighted by Crippen LogP contribution is 2.18. The summed E-state index contributed by atoms with van der Waals surface area (Å²) in [5.74, 6) is 1.46. The molecule has 1 unspecified atom stereocenters. The van der Waals surface area contributed by atoms with Gasteiger partial charge < -0.3 is 10.6 Å². The van der Waals surface area contributed by atoms with Gasteiger partial charge in [0, 0.05) is 6.42 Å². The van der Waals surface area contributed by atoms with Gasteiger partial charge in [-0.25, -0.2) is 9.97 Å². The number of anilines is 1. The van der Waals surface area contributed by atoms with Crippen LogP contribution in [0.3, 0.4) is 0 Å². The average Bonchev–Trinajstić information content (AvgIpc) is 3.30. The number of pyridine rings is 1. The first-order valence-corrected chi connectivity index (χ1v) is 8.69. The van der Waals surface area contributed by atoms with Crippen molar-refractivity contribution in [1.29, 1.82) is 0 Å². The molecule has 6 heteroatoms. The lowest BCUT2D eigenvalue weighted by atomic mass is 10.0. The van der Waals surface area contributed by atoms with Crippen LogP contribution in [0.4, 0.5) is 5.69 Å². The third kappa shape index (κ3) is 3.53. The highest BCUT2D eigenvalue weighted by Gasteiger charge is 2.15. The Kier molecular flexibility index (Phi) is 4.43. The van der Waals surface area contributed by atoms with Gasteiger partial charge in [0.05, 0.1) is 22.9 Å². The van der Waals surface area contributed by atoms with Gasteiger partial charge in [0.15, 0.2) is 0 Å². The molecule has 0 bridgehead atoms. The maximum Gasteiger partial charge on any atom is 0.224 e. The largest absolute Gasteiger partial charge is 0.325 e. The minimum absolute atomic E-state index is 0.0505. The molecule has 0 aliphatic carbocycles. The molecule has 128 valence electrons. The third-order valence-corrected chi connectivity index (χ3v) is 4.67. The molecular weight excluding hydrogens is 314 g/mol. The number of nitrogens with one attached hydrogen (secondary N) is 2. The van der Waals surface area contributed by atoms with Crippen LogP contribution in [0.5, 0.6) is 0 Å². The third-order valence-electron chi connectivity index (χ3n) is 4.67. The Morgan fingerprint density at radius 1 is 1.24 bits per heavy atom. The van der Waals surface area contributed by atoms with Gasteiger partial charge in [0.2, 0.25) is 5.91 Å². The number of hydrogen-bond acceptors (Lipinski definition) is 4. The van der Waals surface area contributed by atoms with E-state index in [-0.39, 0.29) is 5.91 Å². The van der Waals surface area contributed by atoms with Gasteiger partial charge in [-0.3, -0.25) is 9.36 Å². The molecule has 0 saturated carbocycles. The smallest absolute Gasteiger partial charge is 0.224 e. The lowest BCUT2D eigenvalue weighted by molar-refractivity contribution is -0.116. The number of hydrogen-bond donors (Lipinski definition) is 2. The quantitative estimate of drug-likeness (QED) is 0.752. The monoisotopic (exact) mass is 335 g/mol. The van der Waals surface area contributed by atoms with Crippen molar-refractivity contribution in [1.82, 2.24) is 19.9 Å². The molecule has 1 fully saturated rings. The van der Waals surface area contributed by atoms with E-state index in [0.717, 1.165) is 42.0 Å². The van der Waals surface area contributed by atoms with Crippen LogP contribution < -0.4 is 10.6 Å². The number of carbonyl (C=O) groups is 1. The summed E-state index contributed by atoms with van der Waals surface area (Å²) in [5, 5.41) is 6.26. The van der Waals surface area contributed by atoms with Gasteiger partial charge in [0.25, 0.3) is 0 Å². The molecule has 2 aromatic heterocycles.